The summed E-state index contributed by atoms with van der Waals surface area (Å²) in [4.78, 5) is 26.2. The Morgan fingerprint density at radius 2 is 1.65 bits per heavy atom. The van der Waals surface area contributed by atoms with Gasteiger partial charge in [0.05, 0.1) is 11.0 Å². The van der Waals surface area contributed by atoms with Crippen LogP contribution < -0.4 is 10.2 Å². The highest BCUT2D eigenvalue weighted by Crippen LogP contribution is 2.28. The minimum Gasteiger partial charge on any atom is -0.325 e. The molecule has 0 heterocycles. The summed E-state index contributed by atoms with van der Waals surface area (Å²) in [5, 5.41) is 5.13. The Hall–Kier alpha value is -2.66. The maximum atomic E-state index is 13.0. The maximum absolute atomic E-state index is 13.0. The first-order valence-electron chi connectivity index (χ1n) is 8.39. The van der Waals surface area contributed by atoms with Crippen molar-refractivity contribution in [3.05, 3.63) is 72.3 Å². The fraction of sp³-hybridized carbons (Fsp3) is 0.143. The van der Waals surface area contributed by atoms with Gasteiger partial charge in [-0.15, -0.1) is 0 Å². The lowest BCUT2D eigenvalue weighted by Crippen LogP contribution is -2.30. The lowest BCUT2D eigenvalue weighted by atomic mass is 10.1. The molecule has 0 aliphatic carbocycles. The number of nitrogens with zero attached hydrogens (tertiary/aromatic N) is 1. The fourth-order valence-electron chi connectivity index (χ4n) is 2.91. The zero-order chi connectivity index (χ0) is 18.5. The van der Waals surface area contributed by atoms with Gasteiger partial charge in [0.1, 0.15) is 0 Å². The molecule has 1 N–H and O–H groups in total. The molecule has 3 aromatic rings. The molecule has 0 bridgehead atoms. The lowest BCUT2D eigenvalue weighted by molar-refractivity contribution is -0.113. The minimum atomic E-state index is -0.130. The molecule has 2 amide bonds. The molecule has 0 aliphatic rings. The van der Waals surface area contributed by atoms with E-state index in [2.05, 4.69) is 21.2 Å². The largest absolute Gasteiger partial charge is 0.325 e. The molecule has 0 unspecified atom stereocenters. The minimum absolute atomic E-state index is 0.0674. The summed E-state index contributed by atoms with van der Waals surface area (Å²) in [6.07, 6.45) is 0. The van der Waals surface area contributed by atoms with Crippen molar-refractivity contribution in [2.24, 2.45) is 0 Å². The Labute approximate surface area is 160 Å². The quantitative estimate of drug-likeness (QED) is 0.611. The summed E-state index contributed by atoms with van der Waals surface area (Å²) in [7, 11) is 0. The first kappa shape index (κ1) is 18.1. The second-order valence-electron chi connectivity index (χ2n) is 5.81. The molecule has 132 valence electrons. The molecule has 5 heteroatoms. The normalized spacial score (nSPS) is 10.5. The van der Waals surface area contributed by atoms with Gasteiger partial charge in [-0.2, -0.15) is 0 Å². The molecular weight excluding hydrogens is 392 g/mol. The van der Waals surface area contributed by atoms with Crippen LogP contribution in [-0.4, -0.2) is 23.7 Å². The monoisotopic (exact) mass is 410 g/mol. The van der Waals surface area contributed by atoms with Gasteiger partial charge in [-0.05, 0) is 42.6 Å². The van der Waals surface area contributed by atoms with E-state index in [0.717, 1.165) is 16.5 Å². The van der Waals surface area contributed by atoms with Crippen LogP contribution in [0.2, 0.25) is 0 Å². The van der Waals surface area contributed by atoms with E-state index >= 15 is 0 Å². The van der Waals surface area contributed by atoms with Crippen molar-refractivity contribution in [2.45, 2.75) is 6.92 Å². The van der Waals surface area contributed by atoms with Crippen LogP contribution in [0.25, 0.3) is 10.8 Å². The van der Waals surface area contributed by atoms with E-state index in [-0.39, 0.29) is 17.1 Å². The van der Waals surface area contributed by atoms with Crippen LogP contribution in [-0.2, 0) is 4.79 Å². The van der Waals surface area contributed by atoms with Crippen LogP contribution in [0, 0.1) is 0 Å². The number of carbonyl (C=O) groups is 2. The molecule has 0 fully saturated rings. The number of hydrogen-bond acceptors (Lipinski definition) is 2. The van der Waals surface area contributed by atoms with Crippen LogP contribution in [0.1, 0.15) is 17.3 Å². The van der Waals surface area contributed by atoms with E-state index in [1.54, 1.807) is 29.2 Å². The molecule has 0 saturated heterocycles. The Morgan fingerprint density at radius 1 is 0.962 bits per heavy atom. The smallest absolute Gasteiger partial charge is 0.258 e. The Bertz CT molecular complexity index is 933. The number of fused-ring (bicyclic) bond motifs is 1. The summed E-state index contributed by atoms with van der Waals surface area (Å²) in [6, 6.07) is 21.0. The number of rotatable bonds is 5. The Kier molecular flexibility index (Phi) is 5.68. The van der Waals surface area contributed by atoms with Crippen molar-refractivity contribution in [3.63, 3.8) is 0 Å². The molecule has 0 aliphatic heterocycles. The second-order valence-corrected chi connectivity index (χ2v) is 6.37. The third-order valence-electron chi connectivity index (χ3n) is 4.16. The third-order valence-corrected chi connectivity index (χ3v) is 4.67. The zero-order valence-electron chi connectivity index (χ0n) is 14.4. The standard InChI is InChI=1S/C21H19BrN2O2/c1-2-24(19-9-5-7-15-6-3-4-8-18(15)19)21(26)16-10-12-17(13-11-16)23-20(25)14-22/h3-13H,2,14H2,1H3,(H,23,25). The van der Waals surface area contributed by atoms with Gasteiger partial charge in [0.2, 0.25) is 5.91 Å². The van der Waals surface area contributed by atoms with E-state index in [9.17, 15) is 9.59 Å². The van der Waals surface area contributed by atoms with Gasteiger partial charge >= 0.3 is 0 Å². The predicted molar refractivity (Wildman–Crippen MR) is 110 cm³/mol. The first-order chi connectivity index (χ1) is 12.6. The highest BCUT2D eigenvalue weighted by molar-refractivity contribution is 9.09. The molecule has 0 aromatic heterocycles. The molecule has 0 spiro atoms. The summed E-state index contributed by atoms with van der Waals surface area (Å²) < 4.78 is 0. The zero-order valence-corrected chi connectivity index (χ0v) is 16.0. The van der Waals surface area contributed by atoms with Crippen LogP contribution in [0.15, 0.2) is 66.7 Å². The molecule has 3 rings (SSSR count). The van der Waals surface area contributed by atoms with Crippen LogP contribution in [0.4, 0.5) is 11.4 Å². The molecule has 0 saturated carbocycles. The Morgan fingerprint density at radius 3 is 2.35 bits per heavy atom. The van der Waals surface area contributed by atoms with E-state index in [1.165, 1.54) is 0 Å². The van der Waals surface area contributed by atoms with Crippen molar-refractivity contribution in [2.75, 3.05) is 22.1 Å². The number of alkyl halides is 1. The highest BCUT2D eigenvalue weighted by Gasteiger charge is 2.18. The average Bonchev–Trinajstić information content (AvgIpc) is 2.69. The number of anilines is 2. The van der Waals surface area contributed by atoms with Gasteiger partial charge < -0.3 is 10.2 Å². The molecule has 0 radical (unpaired) electrons. The predicted octanol–water partition coefficient (Wildman–Crippen LogP) is 4.84. The highest BCUT2D eigenvalue weighted by atomic mass is 79.9. The van der Waals surface area contributed by atoms with E-state index in [4.69, 9.17) is 0 Å². The van der Waals surface area contributed by atoms with Crippen LogP contribution in [0.5, 0.6) is 0 Å². The molecule has 26 heavy (non-hydrogen) atoms. The summed E-state index contributed by atoms with van der Waals surface area (Å²) in [6.45, 7) is 2.53. The van der Waals surface area contributed by atoms with Crippen molar-refractivity contribution in [1.29, 1.82) is 0 Å². The van der Waals surface area contributed by atoms with Gasteiger partial charge in [0, 0.05) is 23.2 Å². The van der Waals surface area contributed by atoms with Crippen molar-refractivity contribution in [1.82, 2.24) is 0 Å². The van der Waals surface area contributed by atoms with Gasteiger partial charge in [-0.3, -0.25) is 9.59 Å². The first-order valence-corrected chi connectivity index (χ1v) is 9.51. The van der Waals surface area contributed by atoms with Gasteiger partial charge in [-0.1, -0.05) is 52.3 Å². The maximum Gasteiger partial charge on any atom is 0.258 e. The molecule has 0 atom stereocenters. The molecule has 4 nitrogen and oxygen atoms in total. The number of carbonyl (C=O) groups excluding carboxylic acids is 2. The fourth-order valence-corrected chi connectivity index (χ4v) is 3.05. The van der Waals surface area contributed by atoms with Crippen molar-refractivity contribution < 1.29 is 9.59 Å². The van der Waals surface area contributed by atoms with Crippen LogP contribution >= 0.6 is 15.9 Å². The lowest BCUT2D eigenvalue weighted by Gasteiger charge is -2.23. The summed E-state index contributed by atoms with van der Waals surface area (Å²) in [5.74, 6) is -0.197. The topological polar surface area (TPSA) is 49.4 Å². The summed E-state index contributed by atoms with van der Waals surface area (Å²) in [5.41, 5.74) is 2.14. The second kappa shape index (κ2) is 8.15. The third kappa shape index (κ3) is 3.78. The number of halogens is 1. The van der Waals surface area contributed by atoms with Crippen LogP contribution in [0.3, 0.4) is 0 Å². The van der Waals surface area contributed by atoms with Gasteiger partial charge in [-0.25, -0.2) is 0 Å². The number of hydrogen-bond donors (Lipinski definition) is 1. The average molecular weight is 411 g/mol. The Balaban J connectivity index is 1.90. The van der Waals surface area contributed by atoms with Gasteiger partial charge in [0.15, 0.2) is 0 Å². The number of amides is 2. The van der Waals surface area contributed by atoms with Crippen molar-refractivity contribution in [3.8, 4) is 0 Å². The molecular formula is C21H19BrN2O2. The van der Waals surface area contributed by atoms with E-state index < -0.39 is 0 Å². The molecule has 3 aromatic carbocycles. The van der Waals surface area contributed by atoms with Crippen molar-refractivity contribution >= 4 is 49.9 Å². The van der Waals surface area contributed by atoms with Gasteiger partial charge in [0.25, 0.3) is 5.91 Å². The van der Waals surface area contributed by atoms with E-state index in [0.29, 0.717) is 17.8 Å². The number of nitrogens with one attached hydrogen (secondary N) is 1. The summed E-state index contributed by atoms with van der Waals surface area (Å²) >= 11 is 3.11. The SMILES string of the molecule is CCN(C(=O)c1ccc(NC(=O)CBr)cc1)c1cccc2ccccc12. The van der Waals surface area contributed by atoms with E-state index in [1.807, 2.05) is 49.4 Å². The number of benzene rings is 3.